The van der Waals surface area contributed by atoms with E-state index in [1.807, 2.05) is 17.2 Å². The molecule has 1 aromatic rings. The monoisotopic (exact) mass is 240 g/mol. The van der Waals surface area contributed by atoms with Crippen molar-refractivity contribution in [1.29, 1.82) is 0 Å². The molecule has 88 valence electrons. The number of carboxylic acids is 1. The van der Waals surface area contributed by atoms with Crippen LogP contribution in [0.5, 0.6) is 0 Å². The van der Waals surface area contributed by atoms with Gasteiger partial charge in [-0.2, -0.15) is 0 Å². The van der Waals surface area contributed by atoms with Crippen molar-refractivity contribution in [3.63, 3.8) is 0 Å². The van der Waals surface area contributed by atoms with Crippen molar-refractivity contribution in [2.75, 3.05) is 13.1 Å². The minimum Gasteiger partial charge on any atom is -0.480 e. The Morgan fingerprint density at radius 1 is 1.50 bits per heavy atom. The number of aryl methyl sites for hydroxylation is 1. The number of carbonyl (C=O) groups is 1. The van der Waals surface area contributed by atoms with E-state index in [1.165, 1.54) is 17.8 Å². The molecule has 0 saturated carbocycles. The number of thiazole rings is 1. The van der Waals surface area contributed by atoms with Crippen molar-refractivity contribution in [3.8, 4) is 0 Å². The lowest BCUT2D eigenvalue weighted by molar-refractivity contribution is -0.144. The van der Waals surface area contributed by atoms with Gasteiger partial charge in [-0.25, -0.2) is 4.98 Å². The molecule has 2 rings (SSSR count). The molecule has 1 saturated heterocycles. The Morgan fingerprint density at radius 3 is 2.69 bits per heavy atom. The third-order valence-electron chi connectivity index (χ3n) is 2.91. The van der Waals surface area contributed by atoms with Crippen molar-refractivity contribution in [2.24, 2.45) is 0 Å². The molecular formula is C11H16N2O2S. The summed E-state index contributed by atoms with van der Waals surface area (Å²) in [6, 6.07) is -0.551. The Bertz CT molecular complexity index is 372. The maximum Gasteiger partial charge on any atom is 0.327 e. The lowest BCUT2D eigenvalue weighted by Gasteiger charge is -2.30. The summed E-state index contributed by atoms with van der Waals surface area (Å²) in [5.74, 6) is -0.785. The van der Waals surface area contributed by atoms with Crippen molar-refractivity contribution in [3.05, 3.63) is 16.1 Å². The van der Waals surface area contributed by atoms with Crippen LogP contribution in [-0.2, 0) is 4.79 Å². The van der Waals surface area contributed by atoms with Gasteiger partial charge < -0.3 is 5.11 Å². The Kier molecular flexibility index (Phi) is 3.56. The molecule has 1 aliphatic heterocycles. The molecule has 0 amide bonds. The Hall–Kier alpha value is -0.940. The number of aromatic nitrogens is 1. The van der Waals surface area contributed by atoms with Gasteiger partial charge in [-0.1, -0.05) is 6.42 Å². The molecule has 16 heavy (non-hydrogen) atoms. The van der Waals surface area contributed by atoms with Gasteiger partial charge in [-0.05, 0) is 32.9 Å². The highest BCUT2D eigenvalue weighted by Crippen LogP contribution is 2.25. The third-order valence-corrected chi connectivity index (χ3v) is 3.70. The summed E-state index contributed by atoms with van der Waals surface area (Å²) in [5.41, 5.74) is 0.692. The maximum absolute atomic E-state index is 11.3. The molecule has 0 spiro atoms. The van der Waals surface area contributed by atoms with Crippen molar-refractivity contribution >= 4 is 17.3 Å². The van der Waals surface area contributed by atoms with Gasteiger partial charge in [-0.3, -0.25) is 9.69 Å². The zero-order valence-electron chi connectivity index (χ0n) is 9.35. The van der Waals surface area contributed by atoms with Gasteiger partial charge in [-0.15, -0.1) is 11.3 Å². The molecule has 1 fully saturated rings. The van der Waals surface area contributed by atoms with Crippen LogP contribution in [0.4, 0.5) is 0 Å². The number of aliphatic carboxylic acids is 1. The standard InChI is InChI=1S/C11H16N2O2S/c1-8-12-9(7-16-8)10(11(14)15)13-5-3-2-4-6-13/h7,10H,2-6H2,1H3,(H,14,15). The first kappa shape index (κ1) is 11.5. The zero-order chi connectivity index (χ0) is 11.5. The van der Waals surface area contributed by atoms with Crippen molar-refractivity contribution < 1.29 is 9.90 Å². The van der Waals surface area contributed by atoms with Crippen molar-refractivity contribution in [2.45, 2.75) is 32.2 Å². The lowest BCUT2D eigenvalue weighted by Crippen LogP contribution is -2.38. The largest absolute Gasteiger partial charge is 0.480 e. The Morgan fingerprint density at radius 2 is 2.19 bits per heavy atom. The van der Waals surface area contributed by atoms with Crippen LogP contribution in [0.15, 0.2) is 5.38 Å². The first-order chi connectivity index (χ1) is 7.68. The number of likely N-dealkylation sites (tertiary alicyclic amines) is 1. The number of carboxylic acid groups (broad SMARTS) is 1. The molecule has 1 atom stereocenters. The summed E-state index contributed by atoms with van der Waals surface area (Å²) in [6.45, 7) is 3.64. The van der Waals surface area contributed by atoms with E-state index in [9.17, 15) is 9.90 Å². The minimum absolute atomic E-state index is 0.551. The molecule has 1 N–H and O–H groups in total. The smallest absolute Gasteiger partial charge is 0.327 e. The molecule has 1 aromatic heterocycles. The zero-order valence-corrected chi connectivity index (χ0v) is 10.2. The fourth-order valence-electron chi connectivity index (χ4n) is 2.15. The molecule has 2 heterocycles. The van der Waals surface area contributed by atoms with Crippen LogP contribution < -0.4 is 0 Å². The summed E-state index contributed by atoms with van der Waals surface area (Å²) in [4.78, 5) is 17.7. The average Bonchev–Trinajstić information content (AvgIpc) is 2.66. The summed E-state index contributed by atoms with van der Waals surface area (Å²) < 4.78 is 0. The van der Waals surface area contributed by atoms with Crippen LogP contribution in [0.2, 0.25) is 0 Å². The van der Waals surface area contributed by atoms with E-state index in [-0.39, 0.29) is 0 Å². The number of nitrogens with zero attached hydrogens (tertiary/aromatic N) is 2. The maximum atomic E-state index is 11.3. The highest BCUT2D eigenvalue weighted by Gasteiger charge is 2.30. The SMILES string of the molecule is Cc1nc(C(C(=O)O)N2CCCCC2)cs1. The van der Waals surface area contributed by atoms with Crippen LogP contribution >= 0.6 is 11.3 Å². The van der Waals surface area contributed by atoms with Crippen LogP contribution in [-0.4, -0.2) is 34.0 Å². The molecule has 1 unspecified atom stereocenters. The summed E-state index contributed by atoms with van der Waals surface area (Å²) >= 11 is 1.51. The summed E-state index contributed by atoms with van der Waals surface area (Å²) in [7, 11) is 0. The highest BCUT2D eigenvalue weighted by atomic mass is 32.1. The topological polar surface area (TPSA) is 53.4 Å². The summed E-state index contributed by atoms with van der Waals surface area (Å²) in [6.07, 6.45) is 3.39. The number of piperidine rings is 1. The normalized spacial score (nSPS) is 19.6. The molecule has 1 aliphatic rings. The molecule has 0 radical (unpaired) electrons. The van der Waals surface area contributed by atoms with Gasteiger partial charge >= 0.3 is 5.97 Å². The first-order valence-electron chi connectivity index (χ1n) is 5.57. The summed E-state index contributed by atoms with van der Waals surface area (Å²) in [5, 5.41) is 12.1. The highest BCUT2D eigenvalue weighted by molar-refractivity contribution is 7.09. The van der Waals surface area contributed by atoms with Crippen molar-refractivity contribution in [1.82, 2.24) is 9.88 Å². The van der Waals surface area contributed by atoms with E-state index in [0.717, 1.165) is 30.9 Å². The first-order valence-corrected chi connectivity index (χ1v) is 6.45. The molecule has 0 aliphatic carbocycles. The molecule has 0 aromatic carbocycles. The van der Waals surface area contributed by atoms with E-state index in [4.69, 9.17) is 0 Å². The van der Waals surface area contributed by atoms with Gasteiger partial charge in [0.15, 0.2) is 6.04 Å². The Labute approximate surface area is 98.9 Å². The van der Waals surface area contributed by atoms with Gasteiger partial charge in [0, 0.05) is 5.38 Å². The van der Waals surface area contributed by atoms with Gasteiger partial charge in [0.25, 0.3) is 0 Å². The number of rotatable bonds is 3. The number of hydrogen-bond acceptors (Lipinski definition) is 4. The molecule has 0 bridgehead atoms. The van der Waals surface area contributed by atoms with Crippen LogP contribution in [0.25, 0.3) is 0 Å². The van der Waals surface area contributed by atoms with E-state index >= 15 is 0 Å². The van der Waals surface area contributed by atoms with Crippen LogP contribution in [0, 0.1) is 6.92 Å². The minimum atomic E-state index is -0.785. The van der Waals surface area contributed by atoms with Gasteiger partial charge in [0.2, 0.25) is 0 Å². The second-order valence-corrected chi connectivity index (χ2v) is 5.19. The fraction of sp³-hybridized carbons (Fsp3) is 0.636. The molecule has 5 heteroatoms. The van der Waals surface area contributed by atoms with Gasteiger partial charge in [0.1, 0.15) is 0 Å². The van der Waals surface area contributed by atoms with Crippen LogP contribution in [0.3, 0.4) is 0 Å². The van der Waals surface area contributed by atoms with E-state index in [0.29, 0.717) is 5.69 Å². The van der Waals surface area contributed by atoms with Crippen LogP contribution in [0.1, 0.15) is 36.0 Å². The molecular weight excluding hydrogens is 224 g/mol. The predicted molar refractivity (Wildman–Crippen MR) is 62.7 cm³/mol. The number of hydrogen-bond donors (Lipinski definition) is 1. The van der Waals surface area contributed by atoms with E-state index in [1.54, 1.807) is 0 Å². The van der Waals surface area contributed by atoms with E-state index in [2.05, 4.69) is 4.98 Å². The molecule has 4 nitrogen and oxygen atoms in total. The quantitative estimate of drug-likeness (QED) is 0.878. The third kappa shape index (κ3) is 2.41. The lowest BCUT2D eigenvalue weighted by atomic mass is 10.1. The second kappa shape index (κ2) is 4.93. The fourth-order valence-corrected chi connectivity index (χ4v) is 2.78. The average molecular weight is 240 g/mol. The van der Waals surface area contributed by atoms with Gasteiger partial charge in [0.05, 0.1) is 10.7 Å². The predicted octanol–water partition coefficient (Wildman–Crippen LogP) is 2.06. The van der Waals surface area contributed by atoms with E-state index < -0.39 is 12.0 Å². The Balaban J connectivity index is 2.19. The second-order valence-electron chi connectivity index (χ2n) is 4.13.